The van der Waals surface area contributed by atoms with Gasteiger partial charge in [0.15, 0.2) is 5.96 Å². The Morgan fingerprint density at radius 1 is 1.23 bits per heavy atom. The molecule has 0 aliphatic heterocycles. The van der Waals surface area contributed by atoms with Gasteiger partial charge in [0.2, 0.25) is 0 Å². The maximum Gasteiger partial charge on any atom is 0.258 e. The number of aliphatic imine (C=N–C) groups is 1. The van der Waals surface area contributed by atoms with Crippen LogP contribution >= 0.6 is 0 Å². The van der Waals surface area contributed by atoms with E-state index in [1.165, 1.54) is 12.1 Å². The Morgan fingerprint density at radius 2 is 1.97 bits per heavy atom. The molecule has 0 fully saturated rings. The van der Waals surface area contributed by atoms with Gasteiger partial charge in [0.05, 0.1) is 13.2 Å². The van der Waals surface area contributed by atoms with Crippen molar-refractivity contribution in [2.75, 3.05) is 26.7 Å². The lowest BCUT2D eigenvalue weighted by molar-refractivity contribution is 0.0975. The Balaban J connectivity index is 2.07. The van der Waals surface area contributed by atoms with Crippen LogP contribution in [0.4, 0.5) is 4.39 Å². The highest BCUT2D eigenvalue weighted by molar-refractivity contribution is 6.51. The molecule has 1 amide bonds. The third-order valence-corrected chi connectivity index (χ3v) is 6.24. The maximum absolute atomic E-state index is 14.8. The summed E-state index contributed by atoms with van der Waals surface area (Å²) in [7, 11) is 3.61. The van der Waals surface area contributed by atoms with Crippen LogP contribution in [0.15, 0.2) is 41.4 Å². The van der Waals surface area contributed by atoms with Crippen molar-refractivity contribution in [2.45, 2.75) is 59.3 Å². The van der Waals surface area contributed by atoms with Gasteiger partial charge in [-0.25, -0.2) is 4.39 Å². The van der Waals surface area contributed by atoms with Gasteiger partial charge in [-0.1, -0.05) is 44.3 Å². The van der Waals surface area contributed by atoms with E-state index in [9.17, 15) is 9.18 Å². The van der Waals surface area contributed by atoms with Crippen molar-refractivity contribution in [2.24, 2.45) is 10.7 Å². The van der Waals surface area contributed by atoms with Crippen LogP contribution in [0.25, 0.3) is 0 Å². The van der Waals surface area contributed by atoms with Gasteiger partial charge in [0, 0.05) is 11.1 Å². The van der Waals surface area contributed by atoms with Crippen LogP contribution in [0, 0.1) is 5.82 Å². The second kappa shape index (κ2) is 14.5. The number of carbonyl (C=O) groups is 1. The molecule has 8 heteroatoms. The van der Waals surface area contributed by atoms with E-state index >= 15 is 0 Å². The molecule has 2 aromatic rings. The molecule has 6 nitrogen and oxygen atoms in total. The van der Waals surface area contributed by atoms with E-state index in [1.54, 1.807) is 13.2 Å². The van der Waals surface area contributed by atoms with Gasteiger partial charge in [0.1, 0.15) is 18.8 Å². The first-order valence-corrected chi connectivity index (χ1v) is 12.4. The number of amides is 1. The molecule has 0 saturated carbocycles. The van der Waals surface area contributed by atoms with Crippen molar-refractivity contribution in [1.82, 2.24) is 10.2 Å². The van der Waals surface area contributed by atoms with Crippen LogP contribution in [0.3, 0.4) is 0 Å². The molecule has 0 aliphatic rings. The smallest absolute Gasteiger partial charge is 0.258 e. The molecule has 2 aromatic carbocycles. The molecule has 189 valence electrons. The Bertz CT molecular complexity index is 995. The number of nitrogens with two attached hydrogens (primary N) is 1. The van der Waals surface area contributed by atoms with Crippen molar-refractivity contribution in [3.8, 4) is 5.75 Å². The summed E-state index contributed by atoms with van der Waals surface area (Å²) in [4.78, 5) is 19.7. The minimum Gasteiger partial charge on any atom is -0.496 e. The maximum atomic E-state index is 14.8. The van der Waals surface area contributed by atoms with Gasteiger partial charge < -0.3 is 15.4 Å². The highest BCUT2D eigenvalue weighted by Crippen LogP contribution is 2.21. The lowest BCUT2D eigenvalue weighted by atomic mass is 9.72. The molecule has 1 unspecified atom stereocenters. The number of aryl methyl sites for hydroxylation is 1. The van der Waals surface area contributed by atoms with Gasteiger partial charge in [0.25, 0.3) is 5.91 Å². The number of halogens is 1. The fraction of sp³-hybridized carbons (Fsp3) is 0.481. The van der Waals surface area contributed by atoms with Crippen molar-refractivity contribution >= 4 is 24.6 Å². The Kier molecular flexibility index (Phi) is 11.8. The Labute approximate surface area is 210 Å². The monoisotopic (exact) mass is 481 g/mol. The largest absolute Gasteiger partial charge is 0.496 e. The molecule has 0 heterocycles. The van der Waals surface area contributed by atoms with Crippen molar-refractivity contribution in [3.63, 3.8) is 0 Å². The molecule has 0 spiro atoms. The van der Waals surface area contributed by atoms with Crippen LogP contribution in [-0.4, -0.2) is 56.8 Å². The summed E-state index contributed by atoms with van der Waals surface area (Å²) in [6.45, 7) is 11.3. The third kappa shape index (κ3) is 8.69. The number of methoxy groups -OCH3 is 1. The third-order valence-electron chi connectivity index (χ3n) is 6.24. The van der Waals surface area contributed by atoms with Gasteiger partial charge in [-0.2, -0.15) is 0 Å². The molecule has 3 N–H and O–H groups in total. The molecule has 0 bridgehead atoms. The van der Waals surface area contributed by atoms with Crippen LogP contribution in [0.2, 0.25) is 6.82 Å². The number of carbonyl (C=O) groups excluding carboxylic acids is 1. The molecular weight excluding hydrogens is 442 g/mol. The summed E-state index contributed by atoms with van der Waals surface area (Å²) in [6.07, 6.45) is 2.74. The summed E-state index contributed by atoms with van der Waals surface area (Å²) < 4.78 is 20.2. The standard InChI is InChI=1S/C27H39BFN4O2/c1-6-33(7-2)17-9-10-19(3)31-27(30)32-26(34)23-11-8-12-24(29)22(23)15-13-20-18-21(28-4)14-16-25(20)35-5/h8,11-12,14,16,18-19H,6-7,9-10,13,15,17H2,1-5H3,(H3,30,31,32,34). The summed E-state index contributed by atoms with van der Waals surface area (Å²) in [5.74, 6) is -0.0912. The van der Waals surface area contributed by atoms with Crippen molar-refractivity contribution in [3.05, 3.63) is 58.9 Å². The molecule has 2 rings (SSSR count). The zero-order valence-electron chi connectivity index (χ0n) is 21.7. The molecule has 1 radical (unpaired) electrons. The number of guanidine groups is 1. The van der Waals surface area contributed by atoms with E-state index in [4.69, 9.17) is 10.5 Å². The van der Waals surface area contributed by atoms with E-state index in [2.05, 4.69) is 29.1 Å². The number of ether oxygens (including phenoxy) is 1. The number of rotatable bonds is 13. The number of nitrogens with one attached hydrogen (secondary N) is 1. The van der Waals surface area contributed by atoms with E-state index in [1.807, 2.05) is 39.2 Å². The zero-order chi connectivity index (χ0) is 25.8. The molecule has 0 saturated heterocycles. The normalized spacial score (nSPS) is 12.5. The fourth-order valence-electron chi connectivity index (χ4n) is 4.13. The highest BCUT2D eigenvalue weighted by atomic mass is 19.1. The number of benzene rings is 2. The van der Waals surface area contributed by atoms with Crippen LogP contribution in [0.1, 0.15) is 55.1 Å². The minimum atomic E-state index is -0.460. The average molecular weight is 481 g/mol. The van der Waals surface area contributed by atoms with Gasteiger partial charge in [-0.05, 0) is 76.0 Å². The number of hydrogen-bond acceptors (Lipinski definition) is 4. The predicted molar refractivity (Wildman–Crippen MR) is 144 cm³/mol. The first kappa shape index (κ1) is 28.4. The van der Waals surface area contributed by atoms with E-state index in [0.717, 1.165) is 49.3 Å². The van der Waals surface area contributed by atoms with E-state index in [0.29, 0.717) is 18.4 Å². The second-order valence-corrected chi connectivity index (χ2v) is 8.61. The molecule has 0 aromatic heterocycles. The molecular formula is C27H39BFN4O2. The molecule has 0 aliphatic carbocycles. The summed E-state index contributed by atoms with van der Waals surface area (Å²) in [6, 6.07) is 10.4. The quantitative estimate of drug-likeness (QED) is 0.261. The first-order valence-electron chi connectivity index (χ1n) is 12.4. The minimum absolute atomic E-state index is 0.0204. The van der Waals surface area contributed by atoms with Gasteiger partial charge in [-0.3, -0.25) is 15.1 Å². The van der Waals surface area contributed by atoms with Crippen LogP contribution < -0.4 is 21.3 Å². The zero-order valence-corrected chi connectivity index (χ0v) is 21.7. The second-order valence-electron chi connectivity index (χ2n) is 8.61. The average Bonchev–Trinajstić information content (AvgIpc) is 2.85. The Morgan fingerprint density at radius 3 is 2.63 bits per heavy atom. The van der Waals surface area contributed by atoms with Crippen LogP contribution in [-0.2, 0) is 12.8 Å². The lowest BCUT2D eigenvalue weighted by Crippen LogP contribution is -2.38. The number of nitrogens with zero attached hydrogens (tertiary/aromatic N) is 2. The van der Waals surface area contributed by atoms with Crippen molar-refractivity contribution in [1.29, 1.82) is 0 Å². The van der Waals surface area contributed by atoms with Crippen LogP contribution in [0.5, 0.6) is 5.75 Å². The number of hydrogen-bond donors (Lipinski definition) is 2. The lowest BCUT2D eigenvalue weighted by Gasteiger charge is -2.18. The summed E-state index contributed by atoms with van der Waals surface area (Å²) in [5.41, 5.74) is 8.63. The van der Waals surface area contributed by atoms with E-state index < -0.39 is 11.7 Å². The summed E-state index contributed by atoms with van der Waals surface area (Å²) in [5, 5.41) is 2.64. The fourth-order valence-corrected chi connectivity index (χ4v) is 4.13. The van der Waals surface area contributed by atoms with Gasteiger partial charge in [-0.15, -0.1) is 0 Å². The Hall–Kier alpha value is -2.87. The van der Waals surface area contributed by atoms with E-state index in [-0.39, 0.29) is 17.6 Å². The molecule has 1 atom stereocenters. The van der Waals surface area contributed by atoms with Crippen molar-refractivity contribution < 1.29 is 13.9 Å². The van der Waals surface area contributed by atoms with Gasteiger partial charge >= 0.3 is 0 Å². The predicted octanol–water partition coefficient (Wildman–Crippen LogP) is 3.55. The highest BCUT2D eigenvalue weighted by Gasteiger charge is 2.17. The molecule has 35 heavy (non-hydrogen) atoms. The summed E-state index contributed by atoms with van der Waals surface area (Å²) >= 11 is 0. The first-order chi connectivity index (χ1) is 16.8. The SMILES string of the molecule is C[B]c1ccc(OC)c(CCc2c(F)cccc2C(=O)NC(N)=NC(C)CCCN(CC)CC)c1. The topological polar surface area (TPSA) is 79.9 Å².